The van der Waals surface area contributed by atoms with Crippen molar-refractivity contribution in [2.24, 2.45) is 4.99 Å². The summed E-state index contributed by atoms with van der Waals surface area (Å²) in [6.45, 7) is 7.80. The summed E-state index contributed by atoms with van der Waals surface area (Å²) in [5, 5.41) is 3.51. The average Bonchev–Trinajstić information content (AvgIpc) is 2.74. The Morgan fingerprint density at radius 2 is 1.91 bits per heavy atom. The van der Waals surface area contributed by atoms with Crippen LogP contribution in [0.5, 0.6) is 0 Å². The number of thiocarbonyl (C=S) groups is 1. The molecular formula is C16H25N3OS2. The Kier molecular flexibility index (Phi) is 4.32. The van der Waals surface area contributed by atoms with E-state index in [-0.39, 0.29) is 5.25 Å². The van der Waals surface area contributed by atoms with Crippen LogP contribution >= 0.6 is 12.2 Å². The predicted molar refractivity (Wildman–Crippen MR) is 99.7 cm³/mol. The summed E-state index contributed by atoms with van der Waals surface area (Å²) in [7, 11) is -1.68. The number of rotatable bonds is 4. The number of nitrogens with one attached hydrogen (secondary N) is 2. The molecule has 0 spiro atoms. The largest absolute Gasteiger partial charge is 0.326 e. The standard InChI is InChI=1S/C16H25N3OS2/c1-12(2)22(20,17-5,11-13-9-7-6-8-10-13)15-18-14(21)16(3,4)19-15/h6-10,12H,11H2,1-5H3,(H,17,20)(H,18,19,21). The maximum absolute atomic E-state index is 14.3. The van der Waals surface area contributed by atoms with E-state index in [1.165, 1.54) is 0 Å². The number of nitrogens with zero attached hydrogens (tertiary/aromatic N) is 1. The number of amidine groups is 1. The molecule has 0 unspecified atom stereocenters. The van der Waals surface area contributed by atoms with Gasteiger partial charge in [0, 0.05) is 20.3 Å². The maximum atomic E-state index is 14.3. The molecule has 1 aromatic rings. The third-order valence-corrected chi connectivity index (χ3v) is 9.76. The second-order valence-electron chi connectivity index (χ2n) is 6.49. The molecular weight excluding hydrogens is 314 g/mol. The molecule has 22 heavy (non-hydrogen) atoms. The van der Waals surface area contributed by atoms with E-state index in [1.54, 1.807) is 7.05 Å². The van der Waals surface area contributed by atoms with E-state index in [0.717, 1.165) is 5.56 Å². The summed E-state index contributed by atoms with van der Waals surface area (Å²) in [6.07, 6.45) is 0. The first kappa shape index (κ1) is 17.2. The molecule has 0 amide bonds. The molecule has 0 bridgehead atoms. The monoisotopic (exact) mass is 339 g/mol. The summed E-state index contributed by atoms with van der Waals surface area (Å²) < 4.78 is 17.4. The first-order valence-electron chi connectivity index (χ1n) is 7.42. The van der Waals surface area contributed by atoms with Gasteiger partial charge in [0.05, 0.1) is 0 Å². The molecule has 4 nitrogen and oxygen atoms in total. The quantitative estimate of drug-likeness (QED) is 0.829. The van der Waals surface area contributed by atoms with Crippen molar-refractivity contribution in [1.82, 2.24) is 10.0 Å². The van der Waals surface area contributed by atoms with Crippen molar-refractivity contribution >= 4 is 31.6 Å². The fourth-order valence-corrected chi connectivity index (χ4v) is 6.10. The van der Waals surface area contributed by atoms with E-state index < -0.39 is 14.8 Å². The fraction of sp³-hybridized carbons (Fsp3) is 0.500. The minimum Gasteiger partial charge on any atom is -0.326 e. The lowest BCUT2D eigenvalue weighted by Gasteiger charge is -2.45. The normalized spacial score (nSPS) is 19.5. The van der Waals surface area contributed by atoms with Crippen LogP contribution < -0.4 is 10.0 Å². The zero-order valence-electron chi connectivity index (χ0n) is 13.8. The molecule has 1 aromatic carbocycles. The molecule has 0 radical (unpaired) electrons. The Hall–Kier alpha value is -1.11. The highest BCUT2D eigenvalue weighted by Crippen LogP contribution is 2.36. The van der Waals surface area contributed by atoms with Gasteiger partial charge >= 0.3 is 0 Å². The minimum atomic E-state index is -3.43. The van der Waals surface area contributed by atoms with E-state index in [4.69, 9.17) is 12.2 Å². The molecule has 2 N–H and O–H groups in total. The molecule has 0 aromatic heterocycles. The first-order valence-corrected chi connectivity index (χ1v) is 10.0. The van der Waals surface area contributed by atoms with Crippen LogP contribution in [0.25, 0.3) is 0 Å². The number of hydrogen-bond acceptors (Lipinski definition) is 3. The van der Waals surface area contributed by atoms with Crippen molar-refractivity contribution in [3.05, 3.63) is 35.9 Å². The zero-order valence-corrected chi connectivity index (χ0v) is 15.5. The van der Waals surface area contributed by atoms with Crippen LogP contribution in [0.2, 0.25) is 0 Å². The van der Waals surface area contributed by atoms with Crippen LogP contribution in [0.3, 0.4) is 0 Å². The van der Waals surface area contributed by atoms with E-state index in [1.807, 2.05) is 58.0 Å². The first-order chi connectivity index (χ1) is 10.1. The molecule has 1 aliphatic heterocycles. The van der Waals surface area contributed by atoms with Gasteiger partial charge in [0.25, 0.3) is 0 Å². The van der Waals surface area contributed by atoms with Gasteiger partial charge in [-0.3, -0.25) is 8.93 Å². The van der Waals surface area contributed by atoms with Crippen LogP contribution in [0.1, 0.15) is 33.3 Å². The summed E-state index contributed by atoms with van der Waals surface area (Å²) >= 11 is 5.37. The third-order valence-electron chi connectivity index (χ3n) is 4.32. The molecule has 6 heteroatoms. The zero-order chi connectivity index (χ0) is 16.6. The Morgan fingerprint density at radius 3 is 2.32 bits per heavy atom. The molecule has 1 aliphatic rings. The summed E-state index contributed by atoms with van der Waals surface area (Å²) in [6, 6.07) is 9.86. The van der Waals surface area contributed by atoms with Gasteiger partial charge in [0.2, 0.25) is 0 Å². The lowest BCUT2D eigenvalue weighted by Crippen LogP contribution is -2.62. The maximum Gasteiger partial charge on any atom is 0.184 e. The second kappa shape index (κ2) is 5.51. The van der Waals surface area contributed by atoms with Gasteiger partial charge < -0.3 is 5.32 Å². The number of aliphatic imine (C=N–C) groups is 1. The smallest absolute Gasteiger partial charge is 0.184 e. The van der Waals surface area contributed by atoms with Crippen molar-refractivity contribution in [1.29, 1.82) is 0 Å². The highest BCUT2D eigenvalue weighted by atomic mass is 32.3. The van der Waals surface area contributed by atoms with E-state index in [9.17, 15) is 4.21 Å². The Morgan fingerprint density at radius 1 is 1.32 bits per heavy atom. The van der Waals surface area contributed by atoms with Gasteiger partial charge in [-0.1, -0.05) is 56.4 Å². The molecule has 1 heterocycles. The van der Waals surface area contributed by atoms with Gasteiger partial charge in [-0.25, -0.2) is 4.99 Å². The van der Waals surface area contributed by atoms with Crippen LogP contribution in [-0.2, 0) is 15.0 Å². The van der Waals surface area contributed by atoms with Gasteiger partial charge in [-0.15, -0.1) is 0 Å². The highest BCUT2D eigenvalue weighted by Gasteiger charge is 2.49. The van der Waals surface area contributed by atoms with Crippen molar-refractivity contribution < 1.29 is 4.21 Å². The summed E-state index contributed by atoms with van der Waals surface area (Å²) in [5.41, 5.74) is 0.498. The van der Waals surface area contributed by atoms with Crippen LogP contribution in [0, 0.1) is 0 Å². The van der Waals surface area contributed by atoms with Crippen molar-refractivity contribution in [2.45, 2.75) is 44.2 Å². The second-order valence-corrected chi connectivity index (χ2v) is 11.3. The van der Waals surface area contributed by atoms with Crippen molar-refractivity contribution in [2.75, 3.05) is 7.05 Å². The lowest BCUT2D eigenvalue weighted by molar-refractivity contribution is 0.644. The Bertz CT molecular complexity index is 680. The number of benzene rings is 1. The fourth-order valence-electron chi connectivity index (χ4n) is 2.56. The van der Waals surface area contributed by atoms with Crippen molar-refractivity contribution in [3.8, 4) is 0 Å². The molecule has 2 rings (SSSR count). The van der Waals surface area contributed by atoms with E-state index in [2.05, 4.69) is 15.0 Å². The third kappa shape index (κ3) is 2.64. The number of hydrogen-bond donors (Lipinski definition) is 2. The molecule has 122 valence electrons. The molecule has 0 aliphatic carbocycles. The summed E-state index contributed by atoms with van der Waals surface area (Å²) in [5.74, 6) is 0.400. The molecule has 0 atom stereocenters. The highest BCUT2D eigenvalue weighted by molar-refractivity contribution is 8.30. The van der Waals surface area contributed by atoms with E-state index in [0.29, 0.717) is 15.9 Å². The van der Waals surface area contributed by atoms with Gasteiger partial charge in [-0.2, -0.15) is 0 Å². The molecule has 0 saturated heterocycles. The topological polar surface area (TPSA) is 53.5 Å². The van der Waals surface area contributed by atoms with Crippen molar-refractivity contribution in [3.63, 3.8) is 0 Å². The summed E-state index contributed by atoms with van der Waals surface area (Å²) in [4.78, 5) is 5.29. The molecule has 0 fully saturated rings. The lowest BCUT2D eigenvalue weighted by atomic mass is 10.1. The average molecular weight is 340 g/mol. The van der Waals surface area contributed by atoms with Gasteiger partial charge in [0.1, 0.15) is 10.5 Å². The van der Waals surface area contributed by atoms with Crippen LogP contribution in [0.4, 0.5) is 0 Å². The minimum absolute atomic E-state index is 0.120. The van der Waals surface area contributed by atoms with Crippen LogP contribution in [0.15, 0.2) is 35.3 Å². The van der Waals surface area contributed by atoms with Gasteiger partial charge in [0.15, 0.2) is 5.17 Å². The van der Waals surface area contributed by atoms with Gasteiger partial charge in [-0.05, 0) is 26.5 Å². The Labute approximate surface area is 138 Å². The Balaban J connectivity index is 2.59. The predicted octanol–water partition coefficient (Wildman–Crippen LogP) is 2.61. The SMILES string of the molecule is CNS(=O)(Cc1ccccc1)(C1=NC(C)(C)C(=S)N1)C(C)C. The van der Waals surface area contributed by atoms with E-state index >= 15 is 0 Å². The molecule has 0 saturated carbocycles. The van der Waals surface area contributed by atoms with Crippen LogP contribution in [-0.4, -0.2) is 32.2 Å².